The van der Waals surface area contributed by atoms with Gasteiger partial charge in [0.05, 0.1) is 11.5 Å². The monoisotopic (exact) mass is 326 g/mol. The number of hydrogen-bond acceptors (Lipinski definition) is 5. The third-order valence-electron chi connectivity index (χ3n) is 3.49. The van der Waals surface area contributed by atoms with E-state index >= 15 is 0 Å². The van der Waals surface area contributed by atoms with Crippen LogP contribution in [0.15, 0.2) is 29.2 Å². The van der Waals surface area contributed by atoms with Gasteiger partial charge in [-0.25, -0.2) is 4.79 Å². The van der Waals surface area contributed by atoms with E-state index in [1.807, 2.05) is 6.92 Å². The van der Waals surface area contributed by atoms with Gasteiger partial charge in [-0.2, -0.15) is 8.42 Å². The maximum Gasteiger partial charge on any atom is 0.322 e. The first-order valence-electron chi connectivity index (χ1n) is 6.83. The average Bonchev–Trinajstić information content (AvgIpc) is 2.69. The molecular weight excluding hydrogens is 308 g/mol. The minimum absolute atomic E-state index is 0.0606. The maximum absolute atomic E-state index is 12.0. The fourth-order valence-electron chi connectivity index (χ4n) is 2.12. The van der Waals surface area contributed by atoms with Gasteiger partial charge in [0.25, 0.3) is 16.0 Å². The smallest absolute Gasteiger partial charge is 0.322 e. The van der Waals surface area contributed by atoms with Gasteiger partial charge in [0.1, 0.15) is 5.54 Å². The highest BCUT2D eigenvalue weighted by molar-refractivity contribution is 7.86. The topological polar surface area (TPSA) is 102 Å². The standard InChI is InChI=1S/C14H18N2O5S/c1-10-4-6-11(7-5-10)22(19,20)21-9-3-8-14(2)12(17)15-13(18)16-14/h4-7H,3,8-9H2,1-2H3,(H2,15,16,17,18). The second-order valence-electron chi connectivity index (χ2n) is 5.43. The van der Waals surface area contributed by atoms with Gasteiger partial charge in [0.2, 0.25) is 0 Å². The molecule has 1 heterocycles. The zero-order valence-corrected chi connectivity index (χ0v) is 13.2. The van der Waals surface area contributed by atoms with Crippen molar-refractivity contribution in [3.63, 3.8) is 0 Å². The third kappa shape index (κ3) is 3.63. The lowest BCUT2D eigenvalue weighted by atomic mass is 9.97. The lowest BCUT2D eigenvalue weighted by Crippen LogP contribution is -2.43. The number of rotatable bonds is 6. The van der Waals surface area contributed by atoms with E-state index in [9.17, 15) is 18.0 Å². The molecule has 0 radical (unpaired) electrons. The van der Waals surface area contributed by atoms with Crippen molar-refractivity contribution in [1.29, 1.82) is 0 Å². The van der Waals surface area contributed by atoms with Crippen molar-refractivity contribution in [3.05, 3.63) is 29.8 Å². The largest absolute Gasteiger partial charge is 0.324 e. The van der Waals surface area contributed by atoms with Crippen LogP contribution in [-0.2, 0) is 19.1 Å². The number of aryl methyl sites for hydroxylation is 1. The Balaban J connectivity index is 1.87. The van der Waals surface area contributed by atoms with E-state index < -0.39 is 27.6 Å². The number of imide groups is 1. The highest BCUT2D eigenvalue weighted by atomic mass is 32.2. The number of amides is 3. The summed E-state index contributed by atoms with van der Waals surface area (Å²) in [6.07, 6.45) is 0.600. The first-order valence-corrected chi connectivity index (χ1v) is 8.23. The summed E-state index contributed by atoms with van der Waals surface area (Å²) >= 11 is 0. The Kier molecular flexibility index (Phi) is 4.52. The van der Waals surface area contributed by atoms with Crippen LogP contribution in [0.3, 0.4) is 0 Å². The fraction of sp³-hybridized carbons (Fsp3) is 0.429. The molecule has 1 aromatic rings. The van der Waals surface area contributed by atoms with Crippen molar-refractivity contribution >= 4 is 22.1 Å². The van der Waals surface area contributed by atoms with Crippen LogP contribution in [0.4, 0.5) is 4.79 Å². The minimum atomic E-state index is -3.80. The van der Waals surface area contributed by atoms with E-state index in [4.69, 9.17) is 4.18 Å². The van der Waals surface area contributed by atoms with Gasteiger partial charge in [-0.1, -0.05) is 17.7 Å². The molecule has 1 atom stereocenters. The van der Waals surface area contributed by atoms with Crippen molar-refractivity contribution in [3.8, 4) is 0 Å². The Labute approximate surface area is 129 Å². The molecule has 2 N–H and O–H groups in total. The van der Waals surface area contributed by atoms with Gasteiger partial charge in [-0.05, 0) is 38.8 Å². The summed E-state index contributed by atoms with van der Waals surface area (Å²) in [7, 11) is -3.80. The summed E-state index contributed by atoms with van der Waals surface area (Å²) in [6.45, 7) is 3.38. The molecule has 2 rings (SSSR count). The van der Waals surface area contributed by atoms with E-state index in [1.165, 1.54) is 12.1 Å². The molecule has 8 heteroatoms. The zero-order valence-electron chi connectivity index (χ0n) is 12.4. The van der Waals surface area contributed by atoms with Gasteiger partial charge in [0.15, 0.2) is 0 Å². The van der Waals surface area contributed by atoms with E-state index in [0.29, 0.717) is 6.42 Å². The van der Waals surface area contributed by atoms with Crippen LogP contribution in [0.25, 0.3) is 0 Å². The molecule has 0 saturated carbocycles. The third-order valence-corrected chi connectivity index (χ3v) is 4.81. The van der Waals surface area contributed by atoms with E-state index in [1.54, 1.807) is 19.1 Å². The SMILES string of the molecule is Cc1ccc(S(=O)(=O)OCCCC2(C)NC(=O)NC2=O)cc1. The Hall–Kier alpha value is -1.93. The molecule has 1 aliphatic rings. The molecule has 1 aromatic carbocycles. The van der Waals surface area contributed by atoms with Crippen molar-refractivity contribution < 1.29 is 22.2 Å². The van der Waals surface area contributed by atoms with Crippen LogP contribution >= 0.6 is 0 Å². The fourth-order valence-corrected chi connectivity index (χ4v) is 3.07. The van der Waals surface area contributed by atoms with Crippen LogP contribution in [0.1, 0.15) is 25.3 Å². The molecule has 1 aliphatic heterocycles. The van der Waals surface area contributed by atoms with Gasteiger partial charge in [-0.3, -0.25) is 14.3 Å². The average molecular weight is 326 g/mol. The summed E-state index contributed by atoms with van der Waals surface area (Å²) in [5, 5.41) is 4.66. The molecular formula is C14H18N2O5S. The summed E-state index contributed by atoms with van der Waals surface area (Å²) < 4.78 is 28.9. The Morgan fingerprint density at radius 2 is 1.82 bits per heavy atom. The quantitative estimate of drug-likeness (QED) is 0.463. The summed E-state index contributed by atoms with van der Waals surface area (Å²) in [4.78, 5) is 22.8. The molecule has 7 nitrogen and oxygen atoms in total. The highest BCUT2D eigenvalue weighted by Crippen LogP contribution is 2.18. The van der Waals surface area contributed by atoms with Crippen molar-refractivity contribution in [2.45, 2.75) is 37.1 Å². The lowest BCUT2D eigenvalue weighted by molar-refractivity contribution is -0.123. The predicted octanol–water partition coefficient (Wildman–Crippen LogP) is 1.08. The number of nitrogens with one attached hydrogen (secondary N) is 2. The number of hydrogen-bond donors (Lipinski definition) is 2. The van der Waals surface area contributed by atoms with Crippen LogP contribution < -0.4 is 10.6 Å². The second-order valence-corrected chi connectivity index (χ2v) is 7.05. The normalized spacial score (nSPS) is 21.5. The van der Waals surface area contributed by atoms with Gasteiger partial charge >= 0.3 is 6.03 Å². The summed E-state index contributed by atoms with van der Waals surface area (Å²) in [5.41, 5.74) is -0.0662. The first kappa shape index (κ1) is 16.4. The summed E-state index contributed by atoms with van der Waals surface area (Å²) in [5.74, 6) is -0.418. The highest BCUT2D eigenvalue weighted by Gasteiger charge is 2.41. The molecule has 1 saturated heterocycles. The number of carbonyl (C=O) groups is 2. The van der Waals surface area contributed by atoms with Crippen LogP contribution in [-0.4, -0.2) is 32.5 Å². The Bertz CT molecular complexity index is 684. The number of benzene rings is 1. The van der Waals surface area contributed by atoms with Gasteiger partial charge in [0, 0.05) is 0 Å². The number of carbonyl (C=O) groups excluding carboxylic acids is 2. The van der Waals surface area contributed by atoms with Crippen LogP contribution in [0.2, 0.25) is 0 Å². The second kappa shape index (κ2) is 6.05. The van der Waals surface area contributed by atoms with Crippen molar-refractivity contribution in [2.75, 3.05) is 6.61 Å². The van der Waals surface area contributed by atoms with E-state index in [-0.39, 0.29) is 17.9 Å². The van der Waals surface area contributed by atoms with Crippen LogP contribution in [0.5, 0.6) is 0 Å². The molecule has 120 valence electrons. The van der Waals surface area contributed by atoms with E-state index in [2.05, 4.69) is 10.6 Å². The van der Waals surface area contributed by atoms with E-state index in [0.717, 1.165) is 5.56 Å². The van der Waals surface area contributed by atoms with Gasteiger partial charge in [-0.15, -0.1) is 0 Å². The molecule has 1 fully saturated rings. The minimum Gasteiger partial charge on any atom is -0.324 e. The molecule has 0 spiro atoms. The Morgan fingerprint density at radius 1 is 1.18 bits per heavy atom. The molecule has 0 aromatic heterocycles. The van der Waals surface area contributed by atoms with Crippen molar-refractivity contribution in [2.24, 2.45) is 0 Å². The van der Waals surface area contributed by atoms with Crippen LogP contribution in [0, 0.1) is 6.92 Å². The Morgan fingerprint density at radius 3 is 2.36 bits per heavy atom. The molecule has 0 bridgehead atoms. The first-order chi connectivity index (χ1) is 10.2. The maximum atomic E-state index is 12.0. The zero-order chi connectivity index (χ0) is 16.4. The van der Waals surface area contributed by atoms with Gasteiger partial charge < -0.3 is 5.32 Å². The number of urea groups is 1. The molecule has 3 amide bonds. The predicted molar refractivity (Wildman–Crippen MR) is 78.6 cm³/mol. The van der Waals surface area contributed by atoms with Crippen molar-refractivity contribution in [1.82, 2.24) is 10.6 Å². The summed E-state index contributed by atoms with van der Waals surface area (Å²) in [6, 6.07) is 5.80. The molecule has 0 aliphatic carbocycles. The molecule has 1 unspecified atom stereocenters. The molecule has 22 heavy (non-hydrogen) atoms. The lowest BCUT2D eigenvalue weighted by Gasteiger charge is -2.19.